The van der Waals surface area contributed by atoms with Crippen LogP contribution in [-0.2, 0) is 14.3 Å². The summed E-state index contributed by atoms with van der Waals surface area (Å²) in [6, 6.07) is 0. The molecule has 0 aromatic rings. The predicted octanol–water partition coefficient (Wildman–Crippen LogP) is 3.90. The molecule has 3 nitrogen and oxygen atoms in total. The normalized spacial score (nSPS) is 21.9. The first kappa shape index (κ1) is 20.1. The van der Waals surface area contributed by atoms with Crippen LogP contribution in [0.4, 0.5) is 0 Å². The van der Waals surface area contributed by atoms with Crippen molar-refractivity contribution in [3.8, 4) is 0 Å². The molecule has 0 amide bonds. The van der Waals surface area contributed by atoms with Crippen molar-refractivity contribution >= 4 is 17.7 Å². The molecule has 0 aliphatic carbocycles. The fourth-order valence-corrected chi connectivity index (χ4v) is 2.12. The zero-order chi connectivity index (χ0) is 14.4. The van der Waals surface area contributed by atoms with Crippen molar-refractivity contribution in [2.45, 2.75) is 58.6 Å². The summed E-state index contributed by atoms with van der Waals surface area (Å²) < 4.78 is 10.4. The second kappa shape index (κ2) is 13.2. The van der Waals surface area contributed by atoms with E-state index in [-0.39, 0.29) is 10.7 Å². The highest BCUT2D eigenvalue weighted by Gasteiger charge is 2.33. The summed E-state index contributed by atoms with van der Waals surface area (Å²) in [5.41, 5.74) is 0. The number of carbonyl (C=O) groups excluding carboxylic acids is 1. The second-order valence-corrected chi connectivity index (χ2v) is 5.30. The lowest BCUT2D eigenvalue weighted by atomic mass is 10.0. The molecule has 0 bridgehead atoms. The maximum absolute atomic E-state index is 10.7. The number of esters is 1. The lowest BCUT2D eigenvalue weighted by molar-refractivity contribution is -0.142. The zero-order valence-corrected chi connectivity index (χ0v) is 13.7. The van der Waals surface area contributed by atoms with Gasteiger partial charge in [0.25, 0.3) is 0 Å². The third-order valence-corrected chi connectivity index (χ3v) is 3.56. The molecule has 1 aliphatic heterocycles. The molecule has 1 unspecified atom stereocenters. The molecule has 1 heterocycles. The Bertz CT molecular complexity index is 189. The van der Waals surface area contributed by atoms with Crippen LogP contribution in [0.15, 0.2) is 0 Å². The van der Waals surface area contributed by atoms with Crippen LogP contribution < -0.4 is 0 Å². The van der Waals surface area contributed by atoms with Crippen molar-refractivity contribution in [2.75, 3.05) is 26.1 Å². The Balaban J connectivity index is 0. The van der Waals surface area contributed by atoms with E-state index < -0.39 is 0 Å². The summed E-state index contributed by atoms with van der Waals surface area (Å²) in [6.45, 7) is 11.7. The van der Waals surface area contributed by atoms with Gasteiger partial charge >= 0.3 is 5.97 Å². The molecule has 1 atom stereocenters. The monoisotopic (exact) mass is 278 g/mol. The number of hydrogen-bond donors (Lipinski definition) is 0. The molecule has 0 radical (unpaired) electrons. The Morgan fingerprint density at radius 3 is 2.28 bits per heavy atom. The van der Waals surface area contributed by atoms with Gasteiger partial charge in [0.15, 0.2) is 0 Å². The Kier molecular flexibility index (Phi) is 14.8. The SMILES string of the molecule is CC.CCC.CSC1(COC(C)=O)CCCOC1. The highest BCUT2D eigenvalue weighted by molar-refractivity contribution is 8.00. The van der Waals surface area contributed by atoms with Crippen molar-refractivity contribution in [1.29, 1.82) is 0 Å². The summed E-state index contributed by atoms with van der Waals surface area (Å²) in [5.74, 6) is -0.209. The molecule has 4 heteroatoms. The summed E-state index contributed by atoms with van der Waals surface area (Å²) in [6.07, 6.45) is 5.42. The minimum absolute atomic E-state index is 0.00389. The van der Waals surface area contributed by atoms with E-state index in [0.29, 0.717) is 13.2 Å². The van der Waals surface area contributed by atoms with Crippen LogP contribution in [0.25, 0.3) is 0 Å². The highest BCUT2D eigenvalue weighted by atomic mass is 32.2. The topological polar surface area (TPSA) is 35.5 Å². The number of ether oxygens (including phenoxy) is 2. The van der Waals surface area contributed by atoms with E-state index in [4.69, 9.17) is 9.47 Å². The fraction of sp³-hybridized carbons (Fsp3) is 0.929. The molecule has 1 rings (SSSR count). The predicted molar refractivity (Wildman–Crippen MR) is 80.2 cm³/mol. The molecule has 1 aliphatic rings. The van der Waals surface area contributed by atoms with Crippen LogP contribution in [0.5, 0.6) is 0 Å². The van der Waals surface area contributed by atoms with Gasteiger partial charge in [-0.15, -0.1) is 0 Å². The maximum Gasteiger partial charge on any atom is 0.302 e. The first-order chi connectivity index (χ1) is 8.60. The van der Waals surface area contributed by atoms with Crippen LogP contribution in [0, 0.1) is 0 Å². The molecule has 1 saturated heterocycles. The Morgan fingerprint density at radius 2 is 1.94 bits per heavy atom. The molecule has 110 valence electrons. The van der Waals surface area contributed by atoms with Crippen LogP contribution in [0.2, 0.25) is 0 Å². The summed E-state index contributed by atoms with van der Waals surface area (Å²) >= 11 is 1.73. The quantitative estimate of drug-likeness (QED) is 0.733. The summed E-state index contributed by atoms with van der Waals surface area (Å²) in [4.78, 5) is 10.7. The standard InChI is InChI=1S/C9H16O3S.C3H8.C2H6/c1-8(10)12-7-9(13-2)4-3-5-11-6-9;1-3-2;1-2/h3-7H2,1-2H3;3H2,1-2H3;1-2H3. The van der Waals surface area contributed by atoms with Gasteiger partial charge in [0.2, 0.25) is 0 Å². The molecule has 0 N–H and O–H groups in total. The van der Waals surface area contributed by atoms with Gasteiger partial charge in [-0.1, -0.05) is 34.1 Å². The van der Waals surface area contributed by atoms with Crippen LogP contribution in [0.1, 0.15) is 53.9 Å². The smallest absolute Gasteiger partial charge is 0.302 e. The molecule has 0 saturated carbocycles. The molecule has 18 heavy (non-hydrogen) atoms. The van der Waals surface area contributed by atoms with Crippen molar-refractivity contribution in [3.05, 3.63) is 0 Å². The summed E-state index contributed by atoms with van der Waals surface area (Å²) in [5, 5.41) is 0. The van der Waals surface area contributed by atoms with E-state index in [0.717, 1.165) is 19.4 Å². The zero-order valence-electron chi connectivity index (χ0n) is 12.9. The number of rotatable bonds is 3. The lowest BCUT2D eigenvalue weighted by Gasteiger charge is -2.34. The molecule has 0 aromatic heterocycles. The Labute approximate surface area is 117 Å². The van der Waals surface area contributed by atoms with E-state index in [2.05, 4.69) is 13.8 Å². The van der Waals surface area contributed by atoms with E-state index >= 15 is 0 Å². The molecule has 1 fully saturated rings. The van der Waals surface area contributed by atoms with E-state index in [1.807, 2.05) is 20.1 Å². The van der Waals surface area contributed by atoms with E-state index in [1.165, 1.54) is 13.3 Å². The van der Waals surface area contributed by atoms with Gasteiger partial charge in [0, 0.05) is 13.5 Å². The largest absolute Gasteiger partial charge is 0.464 e. The lowest BCUT2D eigenvalue weighted by Crippen LogP contribution is -2.40. The van der Waals surface area contributed by atoms with E-state index in [9.17, 15) is 4.79 Å². The molecular weight excluding hydrogens is 248 g/mol. The number of carbonyl (C=O) groups is 1. The average molecular weight is 278 g/mol. The van der Waals surface area contributed by atoms with Gasteiger partial charge in [-0.2, -0.15) is 11.8 Å². The third kappa shape index (κ3) is 9.77. The second-order valence-electron chi connectivity index (χ2n) is 4.03. The van der Waals surface area contributed by atoms with Crippen molar-refractivity contribution in [3.63, 3.8) is 0 Å². The van der Waals surface area contributed by atoms with Crippen LogP contribution >= 0.6 is 11.8 Å². The average Bonchev–Trinajstić information content (AvgIpc) is 2.41. The van der Waals surface area contributed by atoms with Crippen molar-refractivity contribution < 1.29 is 14.3 Å². The Morgan fingerprint density at radius 1 is 1.39 bits per heavy atom. The maximum atomic E-state index is 10.7. The minimum Gasteiger partial charge on any atom is -0.464 e. The van der Waals surface area contributed by atoms with Crippen LogP contribution in [0.3, 0.4) is 0 Å². The third-order valence-electron chi connectivity index (χ3n) is 2.26. The fourth-order valence-electron chi connectivity index (χ4n) is 1.39. The Hall–Kier alpha value is -0.220. The van der Waals surface area contributed by atoms with Crippen LogP contribution in [-0.4, -0.2) is 36.8 Å². The van der Waals surface area contributed by atoms with Gasteiger partial charge in [-0.3, -0.25) is 4.79 Å². The van der Waals surface area contributed by atoms with E-state index in [1.54, 1.807) is 11.8 Å². The van der Waals surface area contributed by atoms with Gasteiger partial charge in [0.05, 0.1) is 11.4 Å². The minimum atomic E-state index is -0.209. The summed E-state index contributed by atoms with van der Waals surface area (Å²) in [7, 11) is 0. The molecule has 0 aromatic carbocycles. The first-order valence-electron chi connectivity index (χ1n) is 6.86. The highest BCUT2D eigenvalue weighted by Crippen LogP contribution is 2.32. The molecule has 0 spiro atoms. The van der Waals surface area contributed by atoms with Crippen molar-refractivity contribution in [2.24, 2.45) is 0 Å². The van der Waals surface area contributed by atoms with Gasteiger partial charge < -0.3 is 9.47 Å². The first-order valence-corrected chi connectivity index (χ1v) is 8.09. The number of thioether (sulfide) groups is 1. The van der Waals surface area contributed by atoms with Gasteiger partial charge in [-0.25, -0.2) is 0 Å². The number of hydrogen-bond acceptors (Lipinski definition) is 4. The van der Waals surface area contributed by atoms with Gasteiger partial charge in [-0.05, 0) is 19.1 Å². The molecular formula is C14H30O3S. The van der Waals surface area contributed by atoms with Crippen molar-refractivity contribution in [1.82, 2.24) is 0 Å². The van der Waals surface area contributed by atoms with Gasteiger partial charge in [0.1, 0.15) is 6.61 Å².